The van der Waals surface area contributed by atoms with Gasteiger partial charge in [-0.05, 0) is 29.7 Å². The molecule has 0 radical (unpaired) electrons. The first-order chi connectivity index (χ1) is 13.2. The molecule has 4 aromatic carbocycles. The number of para-hydroxylation sites is 1. The van der Waals surface area contributed by atoms with Crippen molar-refractivity contribution in [1.82, 2.24) is 0 Å². The first-order valence-corrected chi connectivity index (χ1v) is 9.19. The zero-order chi connectivity index (χ0) is 18.7. The van der Waals surface area contributed by atoms with E-state index in [1.807, 2.05) is 30.3 Å². The van der Waals surface area contributed by atoms with Gasteiger partial charge in [-0.15, -0.1) is 0 Å². The fraction of sp³-hybridized carbons (Fsp3) is 0.0769. The van der Waals surface area contributed by atoms with Gasteiger partial charge in [-0.1, -0.05) is 109 Å². The Hall–Kier alpha value is -3.32. The van der Waals surface area contributed by atoms with Crippen LogP contribution in [0, 0.1) is 6.92 Å². The number of phenols is 1. The van der Waals surface area contributed by atoms with E-state index in [1.54, 1.807) is 6.07 Å². The first-order valence-electron chi connectivity index (χ1n) is 9.19. The van der Waals surface area contributed by atoms with Gasteiger partial charge in [-0.2, -0.15) is 0 Å². The van der Waals surface area contributed by atoms with Crippen LogP contribution in [0.3, 0.4) is 0 Å². The maximum absolute atomic E-state index is 10.9. The van der Waals surface area contributed by atoms with E-state index in [-0.39, 0.29) is 0 Å². The van der Waals surface area contributed by atoms with E-state index in [2.05, 4.69) is 79.7 Å². The van der Waals surface area contributed by atoms with Gasteiger partial charge in [-0.25, -0.2) is 0 Å². The molecule has 1 N–H and O–H groups in total. The molecule has 1 nitrogen and oxygen atoms in total. The SMILES string of the molecule is Cc1ccc(C(c2ccccc2)(c2ccccc2)c2ccccc2O)cc1. The number of hydrogen-bond acceptors (Lipinski definition) is 1. The average molecular weight is 350 g/mol. The van der Waals surface area contributed by atoms with E-state index in [0.29, 0.717) is 5.75 Å². The molecule has 0 aliphatic rings. The molecule has 4 rings (SSSR count). The molecule has 132 valence electrons. The Morgan fingerprint density at radius 2 is 0.963 bits per heavy atom. The van der Waals surface area contributed by atoms with Gasteiger partial charge in [0.1, 0.15) is 5.75 Å². The summed E-state index contributed by atoms with van der Waals surface area (Å²) in [4.78, 5) is 0. The van der Waals surface area contributed by atoms with Crippen molar-refractivity contribution in [2.45, 2.75) is 12.3 Å². The van der Waals surface area contributed by atoms with Crippen LogP contribution in [0.1, 0.15) is 27.8 Å². The van der Waals surface area contributed by atoms with Crippen LogP contribution in [0.15, 0.2) is 109 Å². The lowest BCUT2D eigenvalue weighted by Gasteiger charge is -2.37. The third kappa shape index (κ3) is 2.92. The molecule has 0 atom stereocenters. The Morgan fingerprint density at radius 1 is 0.519 bits per heavy atom. The lowest BCUT2D eigenvalue weighted by atomic mass is 9.65. The number of benzene rings is 4. The standard InChI is InChI=1S/C26H22O/c1-20-16-18-23(19-17-20)26(21-10-4-2-5-11-21,22-12-6-3-7-13-22)24-14-8-9-15-25(24)27/h2-19,27H,1H3. The second-order valence-corrected chi connectivity index (χ2v) is 6.87. The predicted octanol–water partition coefficient (Wildman–Crippen LogP) is 6.08. The quantitative estimate of drug-likeness (QED) is 0.442. The average Bonchev–Trinajstić information content (AvgIpc) is 2.73. The summed E-state index contributed by atoms with van der Waals surface area (Å²) < 4.78 is 0. The van der Waals surface area contributed by atoms with Gasteiger partial charge in [0.15, 0.2) is 0 Å². The fourth-order valence-electron chi connectivity index (χ4n) is 3.94. The number of aryl methyl sites for hydroxylation is 1. The lowest BCUT2D eigenvalue weighted by molar-refractivity contribution is 0.460. The Kier molecular flexibility index (Phi) is 4.52. The summed E-state index contributed by atoms with van der Waals surface area (Å²) in [6.07, 6.45) is 0. The van der Waals surface area contributed by atoms with Crippen LogP contribution in [-0.4, -0.2) is 5.11 Å². The van der Waals surface area contributed by atoms with Crippen molar-refractivity contribution in [2.75, 3.05) is 0 Å². The molecule has 0 saturated heterocycles. The molecule has 0 unspecified atom stereocenters. The van der Waals surface area contributed by atoms with Crippen molar-refractivity contribution in [1.29, 1.82) is 0 Å². The second-order valence-electron chi connectivity index (χ2n) is 6.87. The molecule has 0 bridgehead atoms. The van der Waals surface area contributed by atoms with Gasteiger partial charge >= 0.3 is 0 Å². The zero-order valence-corrected chi connectivity index (χ0v) is 15.3. The summed E-state index contributed by atoms with van der Waals surface area (Å²) in [6.45, 7) is 2.09. The Labute approximate surface area is 160 Å². The van der Waals surface area contributed by atoms with Gasteiger partial charge in [0.2, 0.25) is 0 Å². The second kappa shape index (κ2) is 7.13. The maximum Gasteiger partial charge on any atom is 0.120 e. The fourth-order valence-corrected chi connectivity index (χ4v) is 3.94. The molecule has 0 amide bonds. The predicted molar refractivity (Wildman–Crippen MR) is 111 cm³/mol. The lowest BCUT2D eigenvalue weighted by Crippen LogP contribution is -2.31. The number of hydrogen-bond donors (Lipinski definition) is 1. The third-order valence-corrected chi connectivity index (χ3v) is 5.21. The van der Waals surface area contributed by atoms with Gasteiger partial charge in [0.25, 0.3) is 0 Å². The van der Waals surface area contributed by atoms with Crippen molar-refractivity contribution >= 4 is 0 Å². The summed E-state index contributed by atoms with van der Waals surface area (Å²) in [7, 11) is 0. The smallest absolute Gasteiger partial charge is 0.120 e. The molecule has 27 heavy (non-hydrogen) atoms. The van der Waals surface area contributed by atoms with Gasteiger partial charge in [-0.3, -0.25) is 0 Å². The van der Waals surface area contributed by atoms with E-state index in [1.165, 1.54) is 5.56 Å². The van der Waals surface area contributed by atoms with E-state index in [4.69, 9.17) is 0 Å². The molecule has 1 heteroatoms. The summed E-state index contributed by atoms with van der Waals surface area (Å²) in [6, 6.07) is 37.1. The highest BCUT2D eigenvalue weighted by atomic mass is 16.3. The largest absolute Gasteiger partial charge is 0.508 e. The van der Waals surface area contributed by atoms with Crippen LogP contribution >= 0.6 is 0 Å². The van der Waals surface area contributed by atoms with Crippen molar-refractivity contribution in [2.24, 2.45) is 0 Å². The molecule has 0 aliphatic carbocycles. The van der Waals surface area contributed by atoms with E-state index >= 15 is 0 Å². The van der Waals surface area contributed by atoms with Crippen molar-refractivity contribution in [3.05, 3.63) is 137 Å². The molecule has 0 fully saturated rings. The zero-order valence-electron chi connectivity index (χ0n) is 15.3. The minimum atomic E-state index is -0.596. The number of phenolic OH excluding ortho intramolecular Hbond substituents is 1. The molecular formula is C26H22O. The Bertz CT molecular complexity index is 979. The van der Waals surface area contributed by atoms with E-state index < -0.39 is 5.41 Å². The number of aromatic hydroxyl groups is 1. The molecule has 4 aromatic rings. The molecule has 0 saturated carbocycles. The molecule has 0 heterocycles. The minimum absolute atomic E-state index is 0.297. The topological polar surface area (TPSA) is 20.2 Å². The molecule has 0 aliphatic heterocycles. The summed E-state index contributed by atoms with van der Waals surface area (Å²) in [5.41, 5.74) is 4.88. The highest BCUT2D eigenvalue weighted by Gasteiger charge is 2.39. The first kappa shape index (κ1) is 17.1. The van der Waals surface area contributed by atoms with Crippen LogP contribution in [0.5, 0.6) is 5.75 Å². The highest BCUT2D eigenvalue weighted by molar-refractivity contribution is 5.62. The minimum Gasteiger partial charge on any atom is -0.508 e. The molecular weight excluding hydrogens is 328 g/mol. The van der Waals surface area contributed by atoms with Crippen LogP contribution in [0.2, 0.25) is 0 Å². The van der Waals surface area contributed by atoms with Crippen LogP contribution in [-0.2, 0) is 5.41 Å². The Balaban J connectivity index is 2.16. The van der Waals surface area contributed by atoms with E-state index in [9.17, 15) is 5.11 Å². The van der Waals surface area contributed by atoms with Crippen LogP contribution < -0.4 is 0 Å². The Morgan fingerprint density at radius 3 is 1.48 bits per heavy atom. The number of rotatable bonds is 4. The van der Waals surface area contributed by atoms with Crippen LogP contribution in [0.25, 0.3) is 0 Å². The summed E-state index contributed by atoms with van der Waals surface area (Å²) in [5, 5.41) is 10.9. The monoisotopic (exact) mass is 350 g/mol. The van der Waals surface area contributed by atoms with Gasteiger partial charge in [0.05, 0.1) is 5.41 Å². The molecule has 0 aromatic heterocycles. The van der Waals surface area contributed by atoms with E-state index in [0.717, 1.165) is 22.3 Å². The normalized spacial score (nSPS) is 11.3. The van der Waals surface area contributed by atoms with Crippen LogP contribution in [0.4, 0.5) is 0 Å². The van der Waals surface area contributed by atoms with Crippen molar-refractivity contribution < 1.29 is 5.11 Å². The molecule has 0 spiro atoms. The van der Waals surface area contributed by atoms with Crippen molar-refractivity contribution in [3.63, 3.8) is 0 Å². The third-order valence-electron chi connectivity index (χ3n) is 5.21. The highest BCUT2D eigenvalue weighted by Crippen LogP contribution is 2.47. The summed E-state index contributed by atoms with van der Waals surface area (Å²) >= 11 is 0. The van der Waals surface area contributed by atoms with Gasteiger partial charge in [0, 0.05) is 5.56 Å². The summed E-state index contributed by atoms with van der Waals surface area (Å²) in [5.74, 6) is 0.297. The maximum atomic E-state index is 10.9. The van der Waals surface area contributed by atoms with Gasteiger partial charge < -0.3 is 5.11 Å². The van der Waals surface area contributed by atoms with Crippen molar-refractivity contribution in [3.8, 4) is 5.75 Å².